The maximum atomic E-state index is 10.5. The lowest BCUT2D eigenvalue weighted by atomic mass is 9.77. The topological polar surface area (TPSA) is 46.5 Å². The van der Waals surface area contributed by atoms with Crippen molar-refractivity contribution in [2.24, 2.45) is 0 Å². The Morgan fingerprint density at radius 3 is 2.42 bits per heavy atom. The fourth-order valence-electron chi connectivity index (χ4n) is 1.68. The van der Waals surface area contributed by atoms with Gasteiger partial charge < -0.3 is 9.84 Å². The zero-order valence-corrected chi connectivity index (χ0v) is 7.67. The minimum Gasteiger partial charge on any atom is -0.481 e. The quantitative estimate of drug-likeness (QED) is 0.703. The summed E-state index contributed by atoms with van der Waals surface area (Å²) in [5.41, 5.74) is -0.333. The summed E-state index contributed by atoms with van der Waals surface area (Å²) in [5, 5.41) is 8.65. The van der Waals surface area contributed by atoms with Crippen molar-refractivity contribution in [2.75, 3.05) is 0 Å². The van der Waals surface area contributed by atoms with Gasteiger partial charge in [0.25, 0.3) is 0 Å². The summed E-state index contributed by atoms with van der Waals surface area (Å²) in [6.45, 7) is 3.89. The molecule has 0 atom stereocenters. The second-order valence-corrected chi connectivity index (χ2v) is 3.77. The summed E-state index contributed by atoms with van der Waals surface area (Å²) in [6, 6.07) is 0. The summed E-state index contributed by atoms with van der Waals surface area (Å²) >= 11 is 0. The number of hydrogen-bond donors (Lipinski definition) is 1. The second-order valence-electron chi connectivity index (χ2n) is 3.77. The molecule has 0 spiro atoms. The first kappa shape index (κ1) is 9.52. The molecule has 0 aromatic heterocycles. The lowest BCUT2D eigenvalue weighted by Crippen LogP contribution is -2.43. The number of ether oxygens (including phenoxy) is 1. The Labute approximate surface area is 72.7 Å². The summed E-state index contributed by atoms with van der Waals surface area (Å²) in [6.07, 6.45) is 3.18. The molecule has 0 saturated heterocycles. The van der Waals surface area contributed by atoms with Crippen LogP contribution >= 0.6 is 0 Å². The molecule has 1 fully saturated rings. The molecule has 0 aromatic carbocycles. The molecule has 0 aliphatic heterocycles. The van der Waals surface area contributed by atoms with E-state index in [1.807, 2.05) is 13.8 Å². The van der Waals surface area contributed by atoms with Crippen LogP contribution in [-0.4, -0.2) is 22.8 Å². The van der Waals surface area contributed by atoms with Gasteiger partial charge in [0.2, 0.25) is 0 Å². The van der Waals surface area contributed by atoms with Gasteiger partial charge in [-0.1, -0.05) is 0 Å². The SMILES string of the molecule is CC(C)OC1(CC(=O)O)CCC1. The molecule has 0 amide bonds. The van der Waals surface area contributed by atoms with E-state index >= 15 is 0 Å². The first-order valence-corrected chi connectivity index (χ1v) is 4.44. The third-order valence-electron chi connectivity index (χ3n) is 2.22. The van der Waals surface area contributed by atoms with Crippen LogP contribution in [0.2, 0.25) is 0 Å². The van der Waals surface area contributed by atoms with Crippen molar-refractivity contribution in [2.45, 2.75) is 51.2 Å². The Balaban J connectivity index is 2.45. The van der Waals surface area contributed by atoms with Gasteiger partial charge in [0, 0.05) is 0 Å². The van der Waals surface area contributed by atoms with Crippen LogP contribution in [0.1, 0.15) is 39.5 Å². The number of carbonyl (C=O) groups is 1. The van der Waals surface area contributed by atoms with Gasteiger partial charge in [0.05, 0.1) is 18.1 Å². The van der Waals surface area contributed by atoms with Crippen molar-refractivity contribution >= 4 is 5.97 Å². The molecule has 0 radical (unpaired) electrons. The monoisotopic (exact) mass is 172 g/mol. The molecule has 1 rings (SSSR count). The van der Waals surface area contributed by atoms with Crippen molar-refractivity contribution in [3.05, 3.63) is 0 Å². The molecular weight excluding hydrogens is 156 g/mol. The molecule has 0 unspecified atom stereocenters. The van der Waals surface area contributed by atoms with E-state index in [0.29, 0.717) is 0 Å². The van der Waals surface area contributed by atoms with Crippen LogP contribution in [-0.2, 0) is 9.53 Å². The molecule has 1 aliphatic carbocycles. The molecule has 1 aliphatic rings. The smallest absolute Gasteiger partial charge is 0.306 e. The Morgan fingerprint density at radius 1 is 1.58 bits per heavy atom. The molecule has 12 heavy (non-hydrogen) atoms. The predicted octanol–water partition coefficient (Wildman–Crippen LogP) is 1.81. The standard InChI is InChI=1S/C9H16O3/c1-7(2)12-9(4-3-5-9)6-8(10)11/h7H,3-6H2,1-2H3,(H,10,11). The summed E-state index contributed by atoms with van der Waals surface area (Å²) in [4.78, 5) is 10.5. The van der Waals surface area contributed by atoms with Crippen molar-refractivity contribution in [3.8, 4) is 0 Å². The number of carboxylic acids is 1. The van der Waals surface area contributed by atoms with Crippen LogP contribution in [0.3, 0.4) is 0 Å². The number of rotatable bonds is 4. The van der Waals surface area contributed by atoms with Gasteiger partial charge in [-0.25, -0.2) is 0 Å². The van der Waals surface area contributed by atoms with Crippen LogP contribution < -0.4 is 0 Å². The van der Waals surface area contributed by atoms with Gasteiger partial charge in [-0.2, -0.15) is 0 Å². The molecular formula is C9H16O3. The number of hydrogen-bond acceptors (Lipinski definition) is 2. The molecule has 1 N–H and O–H groups in total. The summed E-state index contributed by atoms with van der Waals surface area (Å²) in [7, 11) is 0. The van der Waals surface area contributed by atoms with Crippen LogP contribution in [0.4, 0.5) is 0 Å². The first-order valence-electron chi connectivity index (χ1n) is 4.44. The molecule has 1 saturated carbocycles. The molecule has 0 heterocycles. The lowest BCUT2D eigenvalue weighted by molar-refractivity contribution is -0.162. The van der Waals surface area contributed by atoms with Gasteiger partial charge in [-0.15, -0.1) is 0 Å². The van der Waals surface area contributed by atoms with E-state index in [4.69, 9.17) is 9.84 Å². The number of aliphatic carboxylic acids is 1. The third kappa shape index (κ3) is 2.21. The van der Waals surface area contributed by atoms with E-state index in [9.17, 15) is 4.79 Å². The average molecular weight is 172 g/mol. The molecule has 3 nitrogen and oxygen atoms in total. The van der Waals surface area contributed by atoms with E-state index in [1.54, 1.807) is 0 Å². The third-order valence-corrected chi connectivity index (χ3v) is 2.22. The highest BCUT2D eigenvalue weighted by molar-refractivity contribution is 5.68. The Kier molecular flexibility index (Phi) is 2.73. The molecule has 0 bridgehead atoms. The molecule has 3 heteroatoms. The van der Waals surface area contributed by atoms with Gasteiger partial charge in [0.1, 0.15) is 0 Å². The van der Waals surface area contributed by atoms with E-state index < -0.39 is 5.97 Å². The van der Waals surface area contributed by atoms with Gasteiger partial charge in [-0.05, 0) is 33.1 Å². The predicted molar refractivity (Wildman–Crippen MR) is 45.1 cm³/mol. The van der Waals surface area contributed by atoms with Gasteiger partial charge in [-0.3, -0.25) is 4.79 Å². The maximum absolute atomic E-state index is 10.5. The van der Waals surface area contributed by atoms with E-state index in [-0.39, 0.29) is 18.1 Å². The maximum Gasteiger partial charge on any atom is 0.306 e. The lowest BCUT2D eigenvalue weighted by Gasteiger charge is -2.41. The Bertz CT molecular complexity index is 171. The molecule has 0 aromatic rings. The van der Waals surface area contributed by atoms with Gasteiger partial charge in [0.15, 0.2) is 0 Å². The fourth-order valence-corrected chi connectivity index (χ4v) is 1.68. The van der Waals surface area contributed by atoms with Crippen LogP contribution in [0.5, 0.6) is 0 Å². The van der Waals surface area contributed by atoms with Crippen molar-refractivity contribution in [1.82, 2.24) is 0 Å². The highest BCUT2D eigenvalue weighted by atomic mass is 16.5. The molecule has 70 valence electrons. The highest BCUT2D eigenvalue weighted by Crippen LogP contribution is 2.39. The number of carboxylic acid groups (broad SMARTS) is 1. The minimum absolute atomic E-state index is 0.129. The largest absolute Gasteiger partial charge is 0.481 e. The zero-order valence-electron chi connectivity index (χ0n) is 7.67. The van der Waals surface area contributed by atoms with Crippen LogP contribution in [0.15, 0.2) is 0 Å². The van der Waals surface area contributed by atoms with Crippen molar-refractivity contribution in [3.63, 3.8) is 0 Å². The van der Waals surface area contributed by atoms with Crippen molar-refractivity contribution in [1.29, 1.82) is 0 Å². The van der Waals surface area contributed by atoms with E-state index in [1.165, 1.54) is 0 Å². The summed E-state index contributed by atoms with van der Waals surface area (Å²) in [5.74, 6) is -0.754. The Morgan fingerprint density at radius 2 is 2.17 bits per heavy atom. The highest BCUT2D eigenvalue weighted by Gasteiger charge is 2.40. The fraction of sp³-hybridized carbons (Fsp3) is 0.889. The van der Waals surface area contributed by atoms with Crippen molar-refractivity contribution < 1.29 is 14.6 Å². The van der Waals surface area contributed by atoms with Gasteiger partial charge >= 0.3 is 5.97 Å². The van der Waals surface area contributed by atoms with Crippen LogP contribution in [0.25, 0.3) is 0 Å². The van der Waals surface area contributed by atoms with Crippen LogP contribution in [0, 0.1) is 0 Å². The zero-order chi connectivity index (χ0) is 9.19. The summed E-state index contributed by atoms with van der Waals surface area (Å²) < 4.78 is 5.60. The average Bonchev–Trinajstić information content (AvgIpc) is 1.80. The minimum atomic E-state index is -0.754. The first-order chi connectivity index (χ1) is 5.54. The second kappa shape index (κ2) is 3.44. The van der Waals surface area contributed by atoms with E-state index in [0.717, 1.165) is 19.3 Å². The Hall–Kier alpha value is -0.570. The van der Waals surface area contributed by atoms with E-state index in [2.05, 4.69) is 0 Å². The normalized spacial score (nSPS) is 20.6.